The number of amides is 1. The zero-order valence-corrected chi connectivity index (χ0v) is 10.5. The summed E-state index contributed by atoms with van der Waals surface area (Å²) in [6, 6.07) is 3.61. The molecule has 86 valence electrons. The number of hydrogen-bond acceptors (Lipinski definition) is 2. The normalized spacial score (nSPS) is 17.8. The Bertz CT molecular complexity index is 407. The van der Waals surface area contributed by atoms with Crippen molar-refractivity contribution >= 4 is 33.6 Å². The lowest BCUT2D eigenvalue weighted by molar-refractivity contribution is 0.181. The van der Waals surface area contributed by atoms with E-state index in [-0.39, 0.29) is 12.6 Å². The van der Waals surface area contributed by atoms with Crippen molar-refractivity contribution in [3.05, 3.63) is 27.2 Å². The van der Waals surface area contributed by atoms with Gasteiger partial charge in [0, 0.05) is 16.5 Å². The van der Waals surface area contributed by atoms with Crippen LogP contribution in [0.15, 0.2) is 16.6 Å². The molecule has 4 nitrogen and oxygen atoms in total. The summed E-state index contributed by atoms with van der Waals surface area (Å²) in [5.74, 6) is 0.647. The first-order valence-electron chi connectivity index (χ1n) is 4.68. The third-order valence-corrected chi connectivity index (χ3v) is 3.39. The molecular formula is C10H9BrClNO3. The fourth-order valence-electron chi connectivity index (χ4n) is 1.64. The van der Waals surface area contributed by atoms with Crippen LogP contribution in [0.2, 0.25) is 5.02 Å². The monoisotopic (exact) mass is 305 g/mol. The van der Waals surface area contributed by atoms with Crippen LogP contribution in [0.3, 0.4) is 0 Å². The van der Waals surface area contributed by atoms with Crippen molar-refractivity contribution in [3.63, 3.8) is 0 Å². The second-order valence-corrected chi connectivity index (χ2v) is 4.73. The molecule has 0 saturated heterocycles. The van der Waals surface area contributed by atoms with Crippen LogP contribution in [0.4, 0.5) is 4.79 Å². The maximum Gasteiger partial charge on any atom is 0.404 e. The van der Waals surface area contributed by atoms with Gasteiger partial charge in [0.15, 0.2) is 0 Å². The standard InChI is InChI=1S/C10H9BrClNO3/c11-7-1-2-8(12)9-6(7)3-5(16-9)4-13-10(14)15/h1-2,5,13H,3-4H2,(H,14,15). The Morgan fingerprint density at radius 1 is 1.69 bits per heavy atom. The average molecular weight is 307 g/mol. The number of carboxylic acid groups (broad SMARTS) is 1. The summed E-state index contributed by atoms with van der Waals surface area (Å²) in [4.78, 5) is 10.4. The van der Waals surface area contributed by atoms with Gasteiger partial charge < -0.3 is 15.2 Å². The molecule has 1 aromatic carbocycles. The van der Waals surface area contributed by atoms with Crippen molar-refractivity contribution in [2.75, 3.05) is 6.54 Å². The van der Waals surface area contributed by atoms with E-state index < -0.39 is 6.09 Å². The van der Waals surface area contributed by atoms with Gasteiger partial charge in [0.05, 0.1) is 11.6 Å². The third kappa shape index (κ3) is 2.25. The van der Waals surface area contributed by atoms with Gasteiger partial charge in [-0.05, 0) is 12.1 Å². The van der Waals surface area contributed by atoms with Crippen LogP contribution < -0.4 is 10.1 Å². The molecule has 1 heterocycles. The van der Waals surface area contributed by atoms with E-state index >= 15 is 0 Å². The number of nitrogens with one attached hydrogen (secondary N) is 1. The minimum absolute atomic E-state index is 0.192. The first-order chi connectivity index (χ1) is 7.58. The summed E-state index contributed by atoms with van der Waals surface area (Å²) in [7, 11) is 0. The molecule has 16 heavy (non-hydrogen) atoms. The maximum absolute atomic E-state index is 10.4. The van der Waals surface area contributed by atoms with Crippen molar-refractivity contribution in [2.45, 2.75) is 12.5 Å². The largest absolute Gasteiger partial charge is 0.486 e. The first kappa shape index (κ1) is 11.5. The van der Waals surface area contributed by atoms with Crippen LogP contribution in [0, 0.1) is 0 Å². The SMILES string of the molecule is O=C(O)NCC1Cc2c(Br)ccc(Cl)c2O1. The Balaban J connectivity index is 2.11. The fraction of sp³-hybridized carbons (Fsp3) is 0.300. The highest BCUT2D eigenvalue weighted by Gasteiger charge is 2.27. The van der Waals surface area contributed by atoms with E-state index in [1.165, 1.54) is 0 Å². The van der Waals surface area contributed by atoms with Gasteiger partial charge in [0.25, 0.3) is 0 Å². The summed E-state index contributed by atoms with van der Waals surface area (Å²) >= 11 is 9.40. The van der Waals surface area contributed by atoms with Crippen LogP contribution in [-0.4, -0.2) is 23.8 Å². The Hall–Kier alpha value is -0.940. The second-order valence-electron chi connectivity index (χ2n) is 3.47. The summed E-state index contributed by atoms with van der Waals surface area (Å²) < 4.78 is 6.52. The number of halogens is 2. The summed E-state index contributed by atoms with van der Waals surface area (Å²) in [6.07, 6.45) is -0.594. The fourth-order valence-corrected chi connectivity index (χ4v) is 2.34. The highest BCUT2D eigenvalue weighted by atomic mass is 79.9. The summed E-state index contributed by atoms with van der Waals surface area (Å²) in [5, 5.41) is 11.3. The van der Waals surface area contributed by atoms with Crippen molar-refractivity contribution in [1.29, 1.82) is 0 Å². The van der Waals surface area contributed by atoms with E-state index in [1.54, 1.807) is 6.07 Å². The molecule has 0 fully saturated rings. The lowest BCUT2D eigenvalue weighted by Gasteiger charge is -2.10. The van der Waals surface area contributed by atoms with Crippen LogP contribution in [0.1, 0.15) is 5.56 Å². The van der Waals surface area contributed by atoms with Gasteiger partial charge in [-0.15, -0.1) is 0 Å². The van der Waals surface area contributed by atoms with Gasteiger partial charge in [0.1, 0.15) is 11.9 Å². The van der Waals surface area contributed by atoms with Crippen molar-refractivity contribution in [3.8, 4) is 5.75 Å². The highest BCUT2D eigenvalue weighted by molar-refractivity contribution is 9.10. The van der Waals surface area contributed by atoms with E-state index in [0.717, 1.165) is 10.0 Å². The highest BCUT2D eigenvalue weighted by Crippen LogP contribution is 2.39. The Labute approximate surface area is 106 Å². The summed E-state index contributed by atoms with van der Waals surface area (Å²) in [5.41, 5.74) is 0.990. The Kier molecular flexibility index (Phi) is 3.25. The predicted octanol–water partition coefficient (Wildman–Crippen LogP) is 2.67. The van der Waals surface area contributed by atoms with Gasteiger partial charge in [-0.25, -0.2) is 4.79 Å². The molecule has 1 aromatic rings. The number of hydrogen-bond donors (Lipinski definition) is 2. The molecule has 0 aliphatic carbocycles. The molecule has 1 aliphatic heterocycles. The van der Waals surface area contributed by atoms with E-state index in [4.69, 9.17) is 21.4 Å². The molecule has 0 saturated carbocycles. The van der Waals surface area contributed by atoms with E-state index in [0.29, 0.717) is 17.2 Å². The zero-order valence-electron chi connectivity index (χ0n) is 8.17. The zero-order chi connectivity index (χ0) is 11.7. The predicted molar refractivity (Wildman–Crippen MR) is 63.3 cm³/mol. The lowest BCUT2D eigenvalue weighted by atomic mass is 10.1. The molecule has 1 atom stereocenters. The molecule has 0 bridgehead atoms. The molecule has 1 unspecified atom stereocenters. The van der Waals surface area contributed by atoms with Gasteiger partial charge >= 0.3 is 6.09 Å². The molecule has 1 aliphatic rings. The summed E-state index contributed by atoms with van der Waals surface area (Å²) in [6.45, 7) is 0.257. The minimum atomic E-state index is -1.05. The van der Waals surface area contributed by atoms with Crippen LogP contribution in [-0.2, 0) is 6.42 Å². The third-order valence-electron chi connectivity index (χ3n) is 2.35. The minimum Gasteiger partial charge on any atom is -0.486 e. The van der Waals surface area contributed by atoms with E-state index in [2.05, 4.69) is 21.2 Å². The number of carbonyl (C=O) groups is 1. The smallest absolute Gasteiger partial charge is 0.404 e. The van der Waals surface area contributed by atoms with Crippen LogP contribution in [0.5, 0.6) is 5.75 Å². The van der Waals surface area contributed by atoms with Crippen LogP contribution >= 0.6 is 27.5 Å². The number of ether oxygens (including phenoxy) is 1. The van der Waals surface area contributed by atoms with Gasteiger partial charge in [-0.2, -0.15) is 0 Å². The maximum atomic E-state index is 10.4. The van der Waals surface area contributed by atoms with Crippen molar-refractivity contribution in [1.82, 2.24) is 5.32 Å². The van der Waals surface area contributed by atoms with Crippen LogP contribution in [0.25, 0.3) is 0 Å². The lowest BCUT2D eigenvalue weighted by Crippen LogP contribution is -2.33. The number of rotatable bonds is 2. The van der Waals surface area contributed by atoms with Crippen molar-refractivity contribution < 1.29 is 14.6 Å². The molecule has 0 spiro atoms. The molecule has 2 rings (SSSR count). The van der Waals surface area contributed by atoms with Crippen molar-refractivity contribution in [2.24, 2.45) is 0 Å². The van der Waals surface area contributed by atoms with Gasteiger partial charge in [-0.3, -0.25) is 0 Å². The number of benzene rings is 1. The molecular weight excluding hydrogens is 297 g/mol. The topological polar surface area (TPSA) is 58.6 Å². The second kappa shape index (κ2) is 4.51. The molecule has 0 radical (unpaired) electrons. The Morgan fingerprint density at radius 2 is 2.44 bits per heavy atom. The van der Waals surface area contributed by atoms with E-state index in [1.807, 2.05) is 6.07 Å². The molecule has 0 aromatic heterocycles. The van der Waals surface area contributed by atoms with E-state index in [9.17, 15) is 4.79 Å². The average Bonchev–Trinajstić information content (AvgIpc) is 2.66. The quantitative estimate of drug-likeness (QED) is 0.883. The number of fused-ring (bicyclic) bond motifs is 1. The van der Waals surface area contributed by atoms with Gasteiger partial charge in [0.2, 0.25) is 0 Å². The molecule has 2 N–H and O–H groups in total. The molecule has 1 amide bonds. The molecule has 6 heteroatoms. The first-order valence-corrected chi connectivity index (χ1v) is 5.85. The van der Waals surface area contributed by atoms with Gasteiger partial charge in [-0.1, -0.05) is 27.5 Å². The Morgan fingerprint density at radius 3 is 3.06 bits per heavy atom.